The van der Waals surface area contributed by atoms with E-state index in [1.807, 2.05) is 18.3 Å². The summed E-state index contributed by atoms with van der Waals surface area (Å²) in [5, 5.41) is 0. The van der Waals surface area contributed by atoms with E-state index in [0.717, 1.165) is 25.2 Å². The van der Waals surface area contributed by atoms with Crippen LogP contribution in [0, 0.1) is 0 Å². The fourth-order valence-corrected chi connectivity index (χ4v) is 2.45. The number of fused-ring (bicyclic) bond motifs is 1. The van der Waals surface area contributed by atoms with Gasteiger partial charge in [0.05, 0.1) is 12.6 Å². The van der Waals surface area contributed by atoms with Crippen LogP contribution < -0.4 is 16.0 Å². The van der Waals surface area contributed by atoms with Gasteiger partial charge in [0.15, 0.2) is 0 Å². The maximum absolute atomic E-state index is 5.70. The highest BCUT2D eigenvalue weighted by Gasteiger charge is 2.16. The van der Waals surface area contributed by atoms with Crippen molar-refractivity contribution in [2.75, 3.05) is 6.61 Å². The highest BCUT2D eigenvalue weighted by molar-refractivity contribution is 5.41. The van der Waals surface area contributed by atoms with Crippen molar-refractivity contribution in [2.24, 2.45) is 5.84 Å². The molecule has 0 fully saturated rings. The minimum absolute atomic E-state index is 0.0927. The van der Waals surface area contributed by atoms with Crippen LogP contribution in [0.5, 0.6) is 5.75 Å². The summed E-state index contributed by atoms with van der Waals surface area (Å²) in [5.41, 5.74) is 6.52. The highest BCUT2D eigenvalue weighted by atomic mass is 16.5. The van der Waals surface area contributed by atoms with Crippen molar-refractivity contribution in [3.05, 3.63) is 59.4 Å². The molecule has 19 heavy (non-hydrogen) atoms. The van der Waals surface area contributed by atoms with Crippen LogP contribution in [0.3, 0.4) is 0 Å². The quantitative estimate of drug-likeness (QED) is 0.645. The summed E-state index contributed by atoms with van der Waals surface area (Å²) >= 11 is 0. The van der Waals surface area contributed by atoms with Gasteiger partial charge in [0, 0.05) is 18.8 Å². The molecule has 4 heteroatoms. The van der Waals surface area contributed by atoms with Crippen molar-refractivity contribution in [3.63, 3.8) is 0 Å². The number of nitrogens with zero attached hydrogens (tertiary/aromatic N) is 1. The number of hydrazine groups is 1. The molecule has 1 aliphatic rings. The van der Waals surface area contributed by atoms with Gasteiger partial charge in [0.1, 0.15) is 5.75 Å². The number of ether oxygens (including phenoxy) is 1. The number of pyridine rings is 1. The number of nitrogens with one attached hydrogen (secondary N) is 1. The first-order valence-corrected chi connectivity index (χ1v) is 6.47. The first-order valence-electron chi connectivity index (χ1n) is 6.47. The van der Waals surface area contributed by atoms with Crippen LogP contribution >= 0.6 is 0 Å². The standard InChI is InChI=1S/C15H17N3O/c16-18-14(8-11-2-1-6-17-10-11)12-3-4-15-13(9-12)5-7-19-15/h1-4,6,9-10,14,18H,5,7-8,16H2. The zero-order chi connectivity index (χ0) is 13.1. The van der Waals surface area contributed by atoms with Crippen LogP contribution in [0.4, 0.5) is 0 Å². The molecule has 3 rings (SSSR count). The van der Waals surface area contributed by atoms with Gasteiger partial charge >= 0.3 is 0 Å². The molecule has 0 radical (unpaired) electrons. The third-order valence-electron chi connectivity index (χ3n) is 3.48. The Morgan fingerprint density at radius 3 is 3.11 bits per heavy atom. The minimum atomic E-state index is 0.0927. The molecule has 3 N–H and O–H groups in total. The predicted octanol–water partition coefficient (Wildman–Crippen LogP) is 1.76. The maximum atomic E-state index is 5.70. The van der Waals surface area contributed by atoms with Crippen molar-refractivity contribution in [3.8, 4) is 5.75 Å². The summed E-state index contributed by atoms with van der Waals surface area (Å²) < 4.78 is 5.52. The van der Waals surface area contributed by atoms with Gasteiger partial charge < -0.3 is 4.74 Å². The average Bonchev–Trinajstić information content (AvgIpc) is 2.93. The molecule has 98 valence electrons. The minimum Gasteiger partial charge on any atom is -0.493 e. The summed E-state index contributed by atoms with van der Waals surface area (Å²) in [6, 6.07) is 10.4. The molecule has 1 aromatic carbocycles. The lowest BCUT2D eigenvalue weighted by Gasteiger charge is -2.17. The summed E-state index contributed by atoms with van der Waals surface area (Å²) in [6.45, 7) is 0.780. The molecule has 2 heterocycles. The van der Waals surface area contributed by atoms with Crippen molar-refractivity contribution in [1.29, 1.82) is 0 Å². The predicted molar refractivity (Wildman–Crippen MR) is 73.6 cm³/mol. The topological polar surface area (TPSA) is 60.2 Å². The zero-order valence-corrected chi connectivity index (χ0v) is 10.7. The van der Waals surface area contributed by atoms with Crippen LogP contribution in [-0.2, 0) is 12.8 Å². The lowest BCUT2D eigenvalue weighted by atomic mass is 9.98. The molecule has 1 atom stereocenters. The van der Waals surface area contributed by atoms with Gasteiger partial charge in [-0.2, -0.15) is 0 Å². The molecule has 0 aliphatic carbocycles. The van der Waals surface area contributed by atoms with E-state index in [2.05, 4.69) is 28.6 Å². The molecule has 1 unspecified atom stereocenters. The van der Waals surface area contributed by atoms with Crippen molar-refractivity contribution in [1.82, 2.24) is 10.4 Å². The third kappa shape index (κ3) is 2.59. The third-order valence-corrected chi connectivity index (χ3v) is 3.48. The Morgan fingerprint density at radius 2 is 2.32 bits per heavy atom. The fourth-order valence-electron chi connectivity index (χ4n) is 2.45. The summed E-state index contributed by atoms with van der Waals surface area (Å²) in [4.78, 5) is 4.13. The van der Waals surface area contributed by atoms with Gasteiger partial charge in [-0.15, -0.1) is 0 Å². The molecule has 0 bridgehead atoms. The molecule has 1 aliphatic heterocycles. The lowest BCUT2D eigenvalue weighted by molar-refractivity contribution is 0.356. The smallest absolute Gasteiger partial charge is 0.122 e. The zero-order valence-electron chi connectivity index (χ0n) is 10.7. The maximum Gasteiger partial charge on any atom is 0.122 e. The molecule has 0 spiro atoms. The van der Waals surface area contributed by atoms with Crippen LogP contribution in [0.15, 0.2) is 42.7 Å². The number of benzene rings is 1. The highest BCUT2D eigenvalue weighted by Crippen LogP contribution is 2.29. The molecule has 0 saturated heterocycles. The summed E-state index contributed by atoms with van der Waals surface area (Å²) in [5.74, 6) is 6.70. The first-order chi connectivity index (χ1) is 9.36. The molecule has 4 nitrogen and oxygen atoms in total. The van der Waals surface area contributed by atoms with E-state index < -0.39 is 0 Å². The van der Waals surface area contributed by atoms with E-state index in [1.54, 1.807) is 6.20 Å². The van der Waals surface area contributed by atoms with Gasteiger partial charge in [-0.1, -0.05) is 18.2 Å². The second kappa shape index (κ2) is 5.38. The summed E-state index contributed by atoms with van der Waals surface area (Å²) in [7, 11) is 0. The number of hydrogen-bond donors (Lipinski definition) is 2. The Kier molecular flexibility index (Phi) is 3.44. The molecular formula is C15H17N3O. The Hall–Kier alpha value is -1.91. The van der Waals surface area contributed by atoms with Crippen LogP contribution in [-0.4, -0.2) is 11.6 Å². The molecule has 1 aromatic heterocycles. The van der Waals surface area contributed by atoms with Crippen LogP contribution in [0.2, 0.25) is 0 Å². The Morgan fingerprint density at radius 1 is 1.37 bits per heavy atom. The second-order valence-electron chi connectivity index (χ2n) is 4.75. The second-order valence-corrected chi connectivity index (χ2v) is 4.75. The van der Waals surface area contributed by atoms with E-state index in [9.17, 15) is 0 Å². The Labute approximate surface area is 112 Å². The molecule has 0 saturated carbocycles. The van der Waals surface area contributed by atoms with Gasteiger partial charge in [-0.25, -0.2) is 0 Å². The monoisotopic (exact) mass is 255 g/mol. The van der Waals surface area contributed by atoms with Gasteiger partial charge in [-0.05, 0) is 35.2 Å². The Bertz CT molecular complexity index is 557. The number of aromatic nitrogens is 1. The largest absolute Gasteiger partial charge is 0.493 e. The first kappa shape index (κ1) is 12.1. The number of rotatable bonds is 4. The van der Waals surface area contributed by atoms with E-state index in [-0.39, 0.29) is 6.04 Å². The van der Waals surface area contributed by atoms with Crippen LogP contribution in [0.1, 0.15) is 22.7 Å². The van der Waals surface area contributed by atoms with Crippen molar-refractivity contribution in [2.45, 2.75) is 18.9 Å². The van der Waals surface area contributed by atoms with Crippen LogP contribution in [0.25, 0.3) is 0 Å². The lowest BCUT2D eigenvalue weighted by Crippen LogP contribution is -2.29. The van der Waals surface area contributed by atoms with Gasteiger partial charge in [-0.3, -0.25) is 16.3 Å². The fraction of sp³-hybridized carbons (Fsp3) is 0.267. The normalized spacial score (nSPS) is 14.8. The van der Waals surface area contributed by atoms with Gasteiger partial charge in [0.25, 0.3) is 0 Å². The van der Waals surface area contributed by atoms with E-state index in [0.29, 0.717) is 0 Å². The average molecular weight is 255 g/mol. The van der Waals surface area contributed by atoms with E-state index in [4.69, 9.17) is 10.6 Å². The van der Waals surface area contributed by atoms with E-state index in [1.165, 1.54) is 16.7 Å². The van der Waals surface area contributed by atoms with Crippen molar-refractivity contribution >= 4 is 0 Å². The van der Waals surface area contributed by atoms with E-state index >= 15 is 0 Å². The number of nitrogens with two attached hydrogens (primary N) is 1. The number of hydrogen-bond acceptors (Lipinski definition) is 4. The SMILES string of the molecule is NNC(Cc1cccnc1)c1ccc2c(c1)CCO2. The molecule has 0 amide bonds. The molecular weight excluding hydrogens is 238 g/mol. The summed E-state index contributed by atoms with van der Waals surface area (Å²) in [6.07, 6.45) is 5.46. The van der Waals surface area contributed by atoms with Gasteiger partial charge in [0.2, 0.25) is 0 Å². The molecule has 2 aromatic rings. The Balaban J connectivity index is 1.82. The van der Waals surface area contributed by atoms with Crippen molar-refractivity contribution < 1.29 is 4.74 Å².